The molecule has 2 saturated heterocycles. The molecule has 0 saturated carbocycles. The summed E-state index contributed by atoms with van der Waals surface area (Å²) >= 11 is 0. The highest BCUT2D eigenvalue weighted by Crippen LogP contribution is 2.36. The van der Waals surface area contributed by atoms with Crippen LogP contribution < -0.4 is 10.8 Å². The molecule has 1 amide bonds. The van der Waals surface area contributed by atoms with Crippen LogP contribution in [0.25, 0.3) is 0 Å². The van der Waals surface area contributed by atoms with Gasteiger partial charge in [-0.25, -0.2) is 0 Å². The number of nitrogens with zero attached hydrogens (tertiary/aromatic N) is 3. The van der Waals surface area contributed by atoms with Gasteiger partial charge in [0.1, 0.15) is 0 Å². The third kappa shape index (κ3) is 4.87. The smallest absolute Gasteiger partial charge is 0.399 e. The van der Waals surface area contributed by atoms with Gasteiger partial charge in [0.15, 0.2) is 0 Å². The summed E-state index contributed by atoms with van der Waals surface area (Å²) in [5.41, 5.74) is 0.676. The van der Waals surface area contributed by atoms with E-state index in [4.69, 9.17) is 9.31 Å². The van der Waals surface area contributed by atoms with Crippen molar-refractivity contribution in [3.8, 4) is 0 Å². The third-order valence-corrected chi connectivity index (χ3v) is 5.82. The van der Waals surface area contributed by atoms with Crippen LogP contribution in [0.5, 0.6) is 0 Å². The quantitative estimate of drug-likeness (QED) is 0.775. The van der Waals surface area contributed by atoms with Gasteiger partial charge in [-0.05, 0) is 40.8 Å². The van der Waals surface area contributed by atoms with Crippen LogP contribution in [0.3, 0.4) is 0 Å². The molecule has 0 aliphatic carbocycles. The molecule has 0 unspecified atom stereocenters. The second-order valence-electron chi connectivity index (χ2n) is 8.54. The van der Waals surface area contributed by atoms with Crippen molar-refractivity contribution in [1.82, 2.24) is 14.8 Å². The van der Waals surface area contributed by atoms with Gasteiger partial charge in [0, 0.05) is 50.8 Å². The minimum atomic E-state index is -0.482. The minimum Gasteiger partial charge on any atom is -0.399 e. The summed E-state index contributed by atoms with van der Waals surface area (Å²) in [4.78, 5) is 21.2. The number of pyridine rings is 1. The van der Waals surface area contributed by atoms with Crippen molar-refractivity contribution >= 4 is 24.2 Å². The van der Waals surface area contributed by atoms with Crippen LogP contribution in [0.1, 0.15) is 34.1 Å². The summed E-state index contributed by atoms with van der Waals surface area (Å²) < 4.78 is 12.1. The van der Waals surface area contributed by atoms with Gasteiger partial charge in [-0.3, -0.25) is 9.78 Å². The number of hydrogen-bond donors (Lipinski definition) is 1. The van der Waals surface area contributed by atoms with Gasteiger partial charge >= 0.3 is 7.12 Å². The van der Waals surface area contributed by atoms with E-state index in [1.165, 1.54) is 0 Å². The summed E-state index contributed by atoms with van der Waals surface area (Å²) in [6.45, 7) is 13.0. The SMILES string of the molecule is CN1CCN(CCC(=O)Nc2cncc(B3OC(C)(C)C(C)(C)O3)c2)CC1. The van der Waals surface area contributed by atoms with E-state index in [-0.39, 0.29) is 5.91 Å². The fraction of sp³-hybridized carbons (Fsp3) is 0.684. The molecule has 0 radical (unpaired) electrons. The van der Waals surface area contributed by atoms with Crippen molar-refractivity contribution in [3.05, 3.63) is 18.5 Å². The molecular formula is C19H31BN4O3. The maximum atomic E-state index is 12.3. The number of carbonyl (C=O) groups is 1. The molecule has 1 aromatic rings. The van der Waals surface area contributed by atoms with Gasteiger partial charge in [-0.15, -0.1) is 0 Å². The fourth-order valence-electron chi connectivity index (χ4n) is 3.19. The summed E-state index contributed by atoms with van der Waals surface area (Å²) in [6.07, 6.45) is 3.86. The molecule has 7 nitrogen and oxygen atoms in total. The Morgan fingerprint density at radius 1 is 1.15 bits per heavy atom. The fourth-order valence-corrected chi connectivity index (χ4v) is 3.19. The second kappa shape index (κ2) is 7.87. The monoisotopic (exact) mass is 374 g/mol. The molecule has 1 N–H and O–H groups in total. The number of aromatic nitrogens is 1. The van der Waals surface area contributed by atoms with Crippen LogP contribution in [-0.2, 0) is 14.1 Å². The number of amides is 1. The molecule has 8 heteroatoms. The Kier molecular flexibility index (Phi) is 5.91. The zero-order valence-corrected chi connectivity index (χ0v) is 17.1. The molecule has 1 aromatic heterocycles. The third-order valence-electron chi connectivity index (χ3n) is 5.82. The van der Waals surface area contributed by atoms with Gasteiger partial charge in [0.25, 0.3) is 0 Å². The lowest BCUT2D eigenvalue weighted by Crippen LogP contribution is -2.45. The van der Waals surface area contributed by atoms with Crippen molar-refractivity contribution in [2.45, 2.75) is 45.3 Å². The Labute approximate surface area is 162 Å². The normalized spacial score (nSPS) is 22.8. The molecule has 2 fully saturated rings. The maximum absolute atomic E-state index is 12.3. The lowest BCUT2D eigenvalue weighted by atomic mass is 9.80. The highest BCUT2D eigenvalue weighted by atomic mass is 16.7. The predicted molar refractivity (Wildman–Crippen MR) is 107 cm³/mol. The van der Waals surface area contributed by atoms with Crippen LogP contribution >= 0.6 is 0 Å². The molecule has 3 heterocycles. The molecule has 148 valence electrons. The standard InChI is InChI=1S/C19H31BN4O3/c1-18(2)19(3,4)27-20(26-18)15-12-16(14-21-13-15)22-17(25)6-7-24-10-8-23(5)9-11-24/h12-14H,6-11H2,1-5H3,(H,22,25). The van der Waals surface area contributed by atoms with Crippen LogP contribution in [-0.4, -0.2) is 78.8 Å². The van der Waals surface area contributed by atoms with Crippen molar-refractivity contribution in [1.29, 1.82) is 0 Å². The molecule has 0 aromatic carbocycles. The van der Waals surface area contributed by atoms with Gasteiger partial charge in [0.05, 0.1) is 23.1 Å². The van der Waals surface area contributed by atoms with Gasteiger partial charge < -0.3 is 24.4 Å². The molecule has 2 aliphatic heterocycles. The number of nitrogens with one attached hydrogen (secondary N) is 1. The van der Waals surface area contributed by atoms with Crippen LogP contribution in [0, 0.1) is 0 Å². The van der Waals surface area contributed by atoms with E-state index in [2.05, 4.69) is 27.1 Å². The Balaban J connectivity index is 1.54. The average molecular weight is 374 g/mol. The van der Waals surface area contributed by atoms with E-state index in [1.807, 2.05) is 33.8 Å². The zero-order chi connectivity index (χ0) is 19.7. The van der Waals surface area contributed by atoms with Crippen LogP contribution in [0.4, 0.5) is 5.69 Å². The predicted octanol–water partition coefficient (Wildman–Crippen LogP) is 0.957. The Bertz CT molecular complexity index is 659. The molecule has 0 spiro atoms. The van der Waals surface area contributed by atoms with E-state index in [1.54, 1.807) is 12.4 Å². The Morgan fingerprint density at radius 2 is 1.78 bits per heavy atom. The first-order chi connectivity index (χ1) is 12.7. The number of likely N-dealkylation sites (N-methyl/N-ethyl adjacent to an activating group) is 1. The highest BCUT2D eigenvalue weighted by molar-refractivity contribution is 6.62. The van der Waals surface area contributed by atoms with Crippen LogP contribution in [0.2, 0.25) is 0 Å². The van der Waals surface area contributed by atoms with Gasteiger partial charge in [0.2, 0.25) is 5.91 Å². The molecule has 2 aliphatic rings. The number of rotatable bonds is 5. The Morgan fingerprint density at radius 3 is 2.41 bits per heavy atom. The number of piperazine rings is 1. The van der Waals surface area contributed by atoms with Crippen molar-refractivity contribution in [2.24, 2.45) is 0 Å². The summed E-state index contributed by atoms with van der Waals surface area (Å²) in [5, 5.41) is 2.95. The first kappa shape index (κ1) is 20.3. The van der Waals surface area contributed by atoms with Gasteiger partial charge in [-0.2, -0.15) is 0 Å². The largest absolute Gasteiger partial charge is 0.496 e. The van der Waals surface area contributed by atoms with E-state index < -0.39 is 18.3 Å². The first-order valence-corrected chi connectivity index (χ1v) is 9.68. The minimum absolute atomic E-state index is 0.00166. The average Bonchev–Trinajstić information content (AvgIpc) is 2.82. The van der Waals surface area contributed by atoms with Crippen molar-refractivity contribution in [2.75, 3.05) is 45.1 Å². The lowest BCUT2D eigenvalue weighted by Gasteiger charge is -2.32. The molecule has 0 bridgehead atoms. The number of carbonyl (C=O) groups excluding carboxylic acids is 1. The zero-order valence-electron chi connectivity index (χ0n) is 17.1. The summed E-state index contributed by atoms with van der Waals surface area (Å²) in [5.74, 6) is 0.00166. The highest BCUT2D eigenvalue weighted by Gasteiger charge is 2.51. The first-order valence-electron chi connectivity index (χ1n) is 9.68. The van der Waals surface area contributed by atoms with Crippen molar-refractivity contribution in [3.63, 3.8) is 0 Å². The van der Waals surface area contributed by atoms with Crippen molar-refractivity contribution < 1.29 is 14.1 Å². The van der Waals surface area contributed by atoms with Crippen LogP contribution in [0.15, 0.2) is 18.5 Å². The van der Waals surface area contributed by atoms with E-state index in [9.17, 15) is 4.79 Å². The van der Waals surface area contributed by atoms with E-state index in [0.717, 1.165) is 38.2 Å². The van der Waals surface area contributed by atoms with E-state index >= 15 is 0 Å². The van der Waals surface area contributed by atoms with Gasteiger partial charge in [-0.1, -0.05) is 0 Å². The summed E-state index contributed by atoms with van der Waals surface area (Å²) in [7, 11) is 1.65. The number of hydrogen-bond acceptors (Lipinski definition) is 6. The Hall–Kier alpha value is -1.48. The topological polar surface area (TPSA) is 66.9 Å². The molecular weight excluding hydrogens is 343 g/mol. The number of anilines is 1. The summed E-state index contributed by atoms with van der Waals surface area (Å²) in [6, 6.07) is 1.88. The van der Waals surface area contributed by atoms with E-state index in [0.29, 0.717) is 12.1 Å². The molecule has 27 heavy (non-hydrogen) atoms. The molecule has 0 atom stereocenters. The lowest BCUT2D eigenvalue weighted by molar-refractivity contribution is -0.116. The molecule has 3 rings (SSSR count). The maximum Gasteiger partial charge on any atom is 0.496 e. The second-order valence-corrected chi connectivity index (χ2v) is 8.54.